The fraction of sp³-hybridized carbons (Fsp3) is 0.357. The van der Waals surface area contributed by atoms with Gasteiger partial charge in [0, 0.05) is 12.2 Å². The van der Waals surface area contributed by atoms with Crippen LogP contribution >= 0.6 is 11.8 Å². The van der Waals surface area contributed by atoms with Gasteiger partial charge in [-0.15, -0.1) is 10.2 Å². The molecule has 0 radical (unpaired) electrons. The zero-order valence-electron chi connectivity index (χ0n) is 11.2. The fourth-order valence-corrected chi connectivity index (χ4v) is 2.31. The monoisotopic (exact) mass is 289 g/mol. The zero-order valence-corrected chi connectivity index (χ0v) is 12.0. The first kappa shape index (κ1) is 14.4. The topological polar surface area (TPSA) is 71.9 Å². The van der Waals surface area contributed by atoms with Gasteiger partial charge < -0.3 is 9.15 Å². The zero-order chi connectivity index (χ0) is 14.2. The van der Waals surface area contributed by atoms with Crippen LogP contribution in [0.4, 0.5) is 0 Å². The van der Waals surface area contributed by atoms with Crippen LogP contribution < -0.4 is 4.74 Å². The van der Waals surface area contributed by atoms with Crippen LogP contribution in [0.25, 0.3) is 0 Å². The Morgan fingerprint density at radius 3 is 2.80 bits per heavy atom. The van der Waals surface area contributed by atoms with Crippen LogP contribution in [0, 0.1) is 11.3 Å². The summed E-state index contributed by atoms with van der Waals surface area (Å²) in [6.45, 7) is 0. The number of nitrogens with zero attached hydrogens (tertiary/aromatic N) is 3. The maximum atomic E-state index is 8.45. The second kappa shape index (κ2) is 7.56. The van der Waals surface area contributed by atoms with Gasteiger partial charge in [-0.2, -0.15) is 5.26 Å². The molecule has 2 aromatic rings. The third kappa shape index (κ3) is 4.28. The van der Waals surface area contributed by atoms with Crippen molar-refractivity contribution in [3.05, 3.63) is 35.7 Å². The summed E-state index contributed by atoms with van der Waals surface area (Å²) in [5, 5.41) is 17.0. The first-order valence-electron chi connectivity index (χ1n) is 6.27. The van der Waals surface area contributed by atoms with Crippen molar-refractivity contribution in [2.75, 3.05) is 12.9 Å². The van der Waals surface area contributed by atoms with E-state index in [1.54, 1.807) is 7.11 Å². The van der Waals surface area contributed by atoms with E-state index in [0.717, 1.165) is 23.5 Å². The number of rotatable bonds is 7. The van der Waals surface area contributed by atoms with E-state index < -0.39 is 0 Å². The summed E-state index contributed by atoms with van der Waals surface area (Å²) in [7, 11) is 1.64. The molecule has 0 unspecified atom stereocenters. The number of thioether (sulfide) groups is 1. The lowest BCUT2D eigenvalue weighted by atomic mass is 10.1. The van der Waals surface area contributed by atoms with E-state index in [2.05, 4.69) is 16.3 Å². The maximum absolute atomic E-state index is 8.45. The Hall–Kier alpha value is -2.00. The SMILES string of the molecule is COc1ccc(Cc2nnc(SCCCC#N)o2)cc1. The molecule has 0 aliphatic carbocycles. The maximum Gasteiger partial charge on any atom is 0.276 e. The fourth-order valence-electron chi connectivity index (χ4n) is 1.60. The number of hydrogen-bond acceptors (Lipinski definition) is 6. The average Bonchev–Trinajstić information content (AvgIpc) is 2.92. The predicted octanol–water partition coefficient (Wildman–Crippen LogP) is 3.06. The highest BCUT2D eigenvalue weighted by Gasteiger charge is 2.07. The summed E-state index contributed by atoms with van der Waals surface area (Å²) in [6.07, 6.45) is 1.99. The van der Waals surface area contributed by atoms with E-state index in [1.807, 2.05) is 24.3 Å². The molecule has 0 aliphatic heterocycles. The lowest BCUT2D eigenvalue weighted by Crippen LogP contribution is -1.89. The molecule has 0 atom stereocenters. The van der Waals surface area contributed by atoms with E-state index >= 15 is 0 Å². The lowest BCUT2D eigenvalue weighted by Gasteiger charge is -2.00. The molecule has 0 fully saturated rings. The molecule has 6 heteroatoms. The van der Waals surface area contributed by atoms with Gasteiger partial charge in [0.1, 0.15) is 5.75 Å². The Morgan fingerprint density at radius 1 is 1.30 bits per heavy atom. The van der Waals surface area contributed by atoms with Gasteiger partial charge >= 0.3 is 0 Å². The minimum absolute atomic E-state index is 0.555. The van der Waals surface area contributed by atoms with Gasteiger partial charge in [-0.25, -0.2) is 0 Å². The quantitative estimate of drug-likeness (QED) is 0.576. The van der Waals surface area contributed by atoms with Crippen LogP contribution in [0.15, 0.2) is 33.9 Å². The van der Waals surface area contributed by atoms with Crippen molar-refractivity contribution in [3.63, 3.8) is 0 Å². The summed E-state index contributed by atoms with van der Waals surface area (Å²) >= 11 is 1.49. The molecule has 20 heavy (non-hydrogen) atoms. The minimum atomic E-state index is 0.555. The van der Waals surface area contributed by atoms with Gasteiger partial charge in [0.15, 0.2) is 0 Å². The van der Waals surface area contributed by atoms with Crippen LogP contribution in [0.1, 0.15) is 24.3 Å². The number of nitriles is 1. The van der Waals surface area contributed by atoms with Gasteiger partial charge in [-0.3, -0.25) is 0 Å². The van der Waals surface area contributed by atoms with Crippen LogP contribution in [0.3, 0.4) is 0 Å². The highest BCUT2D eigenvalue weighted by Crippen LogP contribution is 2.19. The Morgan fingerprint density at radius 2 is 2.10 bits per heavy atom. The summed E-state index contributed by atoms with van der Waals surface area (Å²) < 4.78 is 10.7. The van der Waals surface area contributed by atoms with Crippen molar-refractivity contribution >= 4 is 11.8 Å². The van der Waals surface area contributed by atoms with Crippen molar-refractivity contribution in [3.8, 4) is 11.8 Å². The predicted molar refractivity (Wildman–Crippen MR) is 75.7 cm³/mol. The smallest absolute Gasteiger partial charge is 0.276 e. The number of ether oxygens (including phenoxy) is 1. The Kier molecular flexibility index (Phi) is 5.44. The van der Waals surface area contributed by atoms with Crippen molar-refractivity contribution in [1.82, 2.24) is 10.2 Å². The van der Waals surface area contributed by atoms with Gasteiger partial charge in [-0.1, -0.05) is 23.9 Å². The summed E-state index contributed by atoms with van der Waals surface area (Å²) in [6, 6.07) is 9.87. The lowest BCUT2D eigenvalue weighted by molar-refractivity contribution is 0.413. The summed E-state index contributed by atoms with van der Waals surface area (Å²) in [4.78, 5) is 0. The first-order valence-corrected chi connectivity index (χ1v) is 7.25. The molecule has 0 saturated heterocycles. The van der Waals surface area contributed by atoms with E-state index in [0.29, 0.717) is 24.0 Å². The number of benzene rings is 1. The van der Waals surface area contributed by atoms with Crippen molar-refractivity contribution in [1.29, 1.82) is 5.26 Å². The normalized spacial score (nSPS) is 10.2. The van der Waals surface area contributed by atoms with Crippen molar-refractivity contribution in [2.45, 2.75) is 24.5 Å². The van der Waals surface area contributed by atoms with E-state index in [-0.39, 0.29) is 0 Å². The first-order chi connectivity index (χ1) is 9.81. The number of aromatic nitrogens is 2. The molecule has 0 aliphatic rings. The van der Waals surface area contributed by atoms with Crippen LogP contribution in [0.5, 0.6) is 5.75 Å². The largest absolute Gasteiger partial charge is 0.497 e. The van der Waals surface area contributed by atoms with E-state index in [4.69, 9.17) is 14.4 Å². The molecule has 1 aromatic carbocycles. The molecule has 0 amide bonds. The van der Waals surface area contributed by atoms with Gasteiger partial charge in [0.2, 0.25) is 5.89 Å². The van der Waals surface area contributed by atoms with Crippen molar-refractivity contribution < 1.29 is 9.15 Å². The molecule has 0 N–H and O–H groups in total. The molecular formula is C14H15N3O2S. The minimum Gasteiger partial charge on any atom is -0.497 e. The second-order valence-electron chi connectivity index (χ2n) is 4.10. The van der Waals surface area contributed by atoms with Crippen LogP contribution in [0.2, 0.25) is 0 Å². The van der Waals surface area contributed by atoms with E-state index in [1.165, 1.54) is 11.8 Å². The molecular weight excluding hydrogens is 274 g/mol. The summed E-state index contributed by atoms with van der Waals surface area (Å²) in [5.41, 5.74) is 1.09. The molecule has 0 bridgehead atoms. The van der Waals surface area contributed by atoms with Crippen LogP contribution in [-0.4, -0.2) is 23.1 Å². The van der Waals surface area contributed by atoms with E-state index in [9.17, 15) is 0 Å². The summed E-state index contributed by atoms with van der Waals surface area (Å²) in [5.74, 6) is 2.24. The molecule has 1 aromatic heterocycles. The number of hydrogen-bond donors (Lipinski definition) is 0. The Balaban J connectivity index is 1.87. The standard InChI is InChI=1S/C14H15N3O2S/c1-18-12-6-4-11(5-7-12)10-13-16-17-14(19-13)20-9-3-2-8-15/h4-7H,2-3,9-10H2,1H3. The highest BCUT2D eigenvalue weighted by atomic mass is 32.2. The number of methoxy groups -OCH3 is 1. The van der Waals surface area contributed by atoms with Crippen molar-refractivity contribution in [2.24, 2.45) is 0 Å². The third-order valence-corrected chi connectivity index (χ3v) is 3.53. The molecule has 0 spiro atoms. The van der Waals surface area contributed by atoms with Crippen LogP contribution in [-0.2, 0) is 6.42 Å². The molecule has 2 rings (SSSR count). The molecule has 104 valence electrons. The van der Waals surface area contributed by atoms with Gasteiger partial charge in [-0.05, 0) is 24.1 Å². The molecule has 0 saturated carbocycles. The Labute approximate surface area is 122 Å². The van der Waals surface area contributed by atoms with Gasteiger partial charge in [0.05, 0.1) is 19.6 Å². The highest BCUT2D eigenvalue weighted by molar-refractivity contribution is 7.99. The Bertz CT molecular complexity index is 575. The molecule has 1 heterocycles. The van der Waals surface area contributed by atoms with Gasteiger partial charge in [0.25, 0.3) is 5.22 Å². The number of unbranched alkanes of at least 4 members (excludes halogenated alkanes) is 1. The third-order valence-electron chi connectivity index (χ3n) is 2.62. The average molecular weight is 289 g/mol. The second-order valence-corrected chi connectivity index (χ2v) is 5.14. The molecule has 5 nitrogen and oxygen atoms in total.